The third kappa shape index (κ3) is 6.26. The average Bonchev–Trinajstić information content (AvgIpc) is 2.67. The molecule has 1 aliphatic carbocycles. The van der Waals surface area contributed by atoms with Crippen LogP contribution in [0.1, 0.15) is 39.2 Å². The largest absolute Gasteiger partial charge is 0.495 e. The third-order valence-electron chi connectivity index (χ3n) is 5.15. The van der Waals surface area contributed by atoms with Gasteiger partial charge in [0.15, 0.2) is 0 Å². The van der Waals surface area contributed by atoms with Gasteiger partial charge in [0, 0.05) is 24.8 Å². The molecule has 0 radical (unpaired) electrons. The number of methoxy groups -OCH3 is 1. The van der Waals surface area contributed by atoms with Gasteiger partial charge in [0.25, 0.3) is 0 Å². The first-order valence-electron chi connectivity index (χ1n) is 9.88. The molecule has 0 bridgehead atoms. The van der Waals surface area contributed by atoms with E-state index in [1.165, 1.54) is 11.1 Å². The summed E-state index contributed by atoms with van der Waals surface area (Å²) in [6.45, 7) is 7.90. The molecule has 0 aliphatic heterocycles. The third-order valence-corrected chi connectivity index (χ3v) is 5.42. The minimum Gasteiger partial charge on any atom is -0.495 e. The van der Waals surface area contributed by atoms with Crippen molar-refractivity contribution in [2.24, 2.45) is 5.92 Å². The normalized spacial score (nSPS) is 18.3. The molecule has 28 heavy (non-hydrogen) atoms. The Kier molecular flexibility index (Phi) is 8.87. The molecule has 1 aromatic carbocycles. The van der Waals surface area contributed by atoms with Crippen molar-refractivity contribution in [3.63, 3.8) is 0 Å². The molecule has 0 amide bonds. The predicted molar refractivity (Wildman–Crippen MR) is 114 cm³/mol. The van der Waals surface area contributed by atoms with Gasteiger partial charge in [-0.15, -0.1) is 11.6 Å². The summed E-state index contributed by atoms with van der Waals surface area (Å²) in [5.41, 5.74) is 2.53. The summed E-state index contributed by atoms with van der Waals surface area (Å²) < 4.78 is 16.4. The fourth-order valence-corrected chi connectivity index (χ4v) is 3.69. The Morgan fingerprint density at radius 2 is 1.86 bits per heavy atom. The van der Waals surface area contributed by atoms with Crippen molar-refractivity contribution >= 4 is 11.6 Å². The fraction of sp³-hybridized carbons (Fsp3) is 0.565. The van der Waals surface area contributed by atoms with E-state index in [0.717, 1.165) is 24.4 Å². The molecule has 2 unspecified atom stereocenters. The number of aliphatic hydroxyl groups is 1. The van der Waals surface area contributed by atoms with Gasteiger partial charge in [-0.3, -0.25) is 0 Å². The van der Waals surface area contributed by atoms with Crippen LogP contribution in [0.5, 0.6) is 5.75 Å². The molecule has 2 atom stereocenters. The molecule has 1 aromatic rings. The van der Waals surface area contributed by atoms with E-state index >= 15 is 0 Å². The van der Waals surface area contributed by atoms with Crippen LogP contribution < -0.4 is 4.74 Å². The lowest BCUT2D eigenvalue weighted by atomic mass is 9.70. The quantitative estimate of drug-likeness (QED) is 0.420. The van der Waals surface area contributed by atoms with Crippen LogP contribution in [-0.2, 0) is 14.9 Å². The lowest BCUT2D eigenvalue weighted by Gasteiger charge is -2.35. The van der Waals surface area contributed by atoms with Gasteiger partial charge in [-0.25, -0.2) is 0 Å². The highest BCUT2D eigenvalue weighted by Gasteiger charge is 2.31. The minimum atomic E-state index is -0.604. The number of halogens is 1. The van der Waals surface area contributed by atoms with Gasteiger partial charge in [-0.05, 0) is 36.1 Å². The second kappa shape index (κ2) is 10.9. The molecular weight excluding hydrogens is 376 g/mol. The van der Waals surface area contributed by atoms with E-state index in [2.05, 4.69) is 39.0 Å². The minimum absolute atomic E-state index is 0.0916. The van der Waals surface area contributed by atoms with Crippen molar-refractivity contribution in [2.45, 2.75) is 45.1 Å². The Morgan fingerprint density at radius 1 is 1.14 bits per heavy atom. The van der Waals surface area contributed by atoms with Crippen molar-refractivity contribution in [1.82, 2.24) is 0 Å². The summed E-state index contributed by atoms with van der Waals surface area (Å²) >= 11 is 5.69. The molecule has 5 heteroatoms. The molecule has 1 aliphatic rings. The number of alkyl halides is 1. The van der Waals surface area contributed by atoms with Crippen molar-refractivity contribution in [1.29, 1.82) is 0 Å². The van der Waals surface area contributed by atoms with Gasteiger partial charge in [0.05, 0.1) is 19.0 Å². The van der Waals surface area contributed by atoms with Crippen LogP contribution in [0.2, 0.25) is 0 Å². The van der Waals surface area contributed by atoms with Crippen LogP contribution in [0.3, 0.4) is 0 Å². The monoisotopic (exact) mass is 408 g/mol. The summed E-state index contributed by atoms with van der Waals surface area (Å²) in [5, 5.41) is 9.76. The fourth-order valence-electron chi connectivity index (χ4n) is 3.58. The molecule has 0 heterocycles. The summed E-state index contributed by atoms with van der Waals surface area (Å²) in [6, 6.07) is 8.34. The van der Waals surface area contributed by atoms with E-state index < -0.39 is 6.10 Å². The maximum atomic E-state index is 9.76. The molecule has 0 aromatic heterocycles. The molecule has 156 valence electrons. The molecule has 1 N–H and O–H groups in total. The standard InChI is InChI=1S/C23H33ClO4/c1-17-14-21(28-16-19(25)15-26-4)10-11-22(17)23(2,3)18-6-8-20(9-7-18)27-13-5-12-24/h6-11,17,19,25H,5,12-16H2,1-4H3. The molecule has 4 nitrogen and oxygen atoms in total. The topological polar surface area (TPSA) is 47.9 Å². The van der Waals surface area contributed by atoms with Gasteiger partial charge >= 0.3 is 0 Å². The Labute approximate surface area is 174 Å². The Morgan fingerprint density at radius 3 is 2.46 bits per heavy atom. The molecule has 0 saturated heterocycles. The Hall–Kier alpha value is -1.49. The van der Waals surface area contributed by atoms with Gasteiger partial charge in [-0.2, -0.15) is 0 Å². The zero-order chi connectivity index (χ0) is 20.6. The average molecular weight is 409 g/mol. The van der Waals surface area contributed by atoms with E-state index in [-0.39, 0.29) is 18.6 Å². The van der Waals surface area contributed by atoms with Gasteiger partial charge in [0.2, 0.25) is 0 Å². The van der Waals surface area contributed by atoms with E-state index in [9.17, 15) is 5.11 Å². The van der Waals surface area contributed by atoms with Gasteiger partial charge in [-0.1, -0.05) is 44.6 Å². The smallest absolute Gasteiger partial charge is 0.119 e. The number of allylic oxidation sites excluding steroid dienone is 4. The molecule has 2 rings (SSSR count). The SMILES string of the molecule is COCC(O)COC1=CC=C(C(C)(C)c2ccc(OCCCCl)cc2)C(C)C1. The highest BCUT2D eigenvalue weighted by molar-refractivity contribution is 6.17. The number of benzene rings is 1. The van der Waals surface area contributed by atoms with E-state index in [4.69, 9.17) is 25.8 Å². The summed E-state index contributed by atoms with van der Waals surface area (Å²) in [5.74, 6) is 2.75. The summed E-state index contributed by atoms with van der Waals surface area (Å²) in [7, 11) is 1.57. The van der Waals surface area contributed by atoms with E-state index in [1.807, 2.05) is 18.2 Å². The zero-order valence-corrected chi connectivity index (χ0v) is 18.2. The van der Waals surface area contributed by atoms with E-state index in [1.54, 1.807) is 7.11 Å². The first-order chi connectivity index (χ1) is 13.4. The number of hydrogen-bond donors (Lipinski definition) is 1. The highest BCUT2D eigenvalue weighted by Crippen LogP contribution is 2.40. The number of hydrogen-bond acceptors (Lipinski definition) is 4. The lowest BCUT2D eigenvalue weighted by Crippen LogP contribution is -2.27. The van der Waals surface area contributed by atoms with Gasteiger partial charge < -0.3 is 19.3 Å². The van der Waals surface area contributed by atoms with E-state index in [0.29, 0.717) is 18.4 Å². The summed E-state index contributed by atoms with van der Waals surface area (Å²) in [4.78, 5) is 0. The van der Waals surface area contributed by atoms with Crippen LogP contribution >= 0.6 is 11.6 Å². The summed E-state index contributed by atoms with van der Waals surface area (Å²) in [6.07, 6.45) is 5.26. The van der Waals surface area contributed by atoms with Crippen molar-refractivity contribution in [3.8, 4) is 5.75 Å². The molecule has 0 spiro atoms. The molecule has 0 fully saturated rings. The van der Waals surface area contributed by atoms with Crippen LogP contribution in [0.15, 0.2) is 47.7 Å². The molecule has 0 saturated carbocycles. The number of rotatable bonds is 11. The first-order valence-corrected chi connectivity index (χ1v) is 10.4. The number of aliphatic hydroxyl groups excluding tert-OH is 1. The van der Waals surface area contributed by atoms with Crippen LogP contribution in [0.25, 0.3) is 0 Å². The van der Waals surface area contributed by atoms with Gasteiger partial charge in [0.1, 0.15) is 18.5 Å². The lowest BCUT2D eigenvalue weighted by molar-refractivity contribution is 0.0112. The first kappa shape index (κ1) is 22.8. The van der Waals surface area contributed by atoms with Crippen molar-refractivity contribution in [2.75, 3.05) is 32.8 Å². The molecular formula is C23H33ClO4. The maximum absolute atomic E-state index is 9.76. The predicted octanol–water partition coefficient (Wildman–Crippen LogP) is 4.85. The Bertz CT molecular complexity index is 664. The van der Waals surface area contributed by atoms with Crippen molar-refractivity contribution < 1.29 is 19.3 Å². The zero-order valence-electron chi connectivity index (χ0n) is 17.4. The number of ether oxygens (including phenoxy) is 3. The van der Waals surface area contributed by atoms with Crippen LogP contribution in [0, 0.1) is 5.92 Å². The van der Waals surface area contributed by atoms with Crippen LogP contribution in [-0.4, -0.2) is 44.0 Å². The second-order valence-electron chi connectivity index (χ2n) is 7.82. The maximum Gasteiger partial charge on any atom is 0.119 e. The Balaban J connectivity index is 2.05. The second-order valence-corrected chi connectivity index (χ2v) is 8.20. The van der Waals surface area contributed by atoms with Crippen LogP contribution in [0.4, 0.5) is 0 Å². The van der Waals surface area contributed by atoms with Crippen molar-refractivity contribution in [3.05, 3.63) is 53.3 Å². The highest BCUT2D eigenvalue weighted by atomic mass is 35.5.